The first kappa shape index (κ1) is 28.5. The van der Waals surface area contributed by atoms with Crippen LogP contribution in [0.15, 0.2) is 84.9 Å². The minimum Gasteiger partial charge on any atom is -1.00 e. The lowest BCUT2D eigenvalue weighted by molar-refractivity contribution is -0.938. The van der Waals surface area contributed by atoms with Gasteiger partial charge < -0.3 is 36.8 Å². The number of ether oxygens (including phenoxy) is 1. The Morgan fingerprint density at radius 2 is 1.49 bits per heavy atom. The SMILES string of the molecule is CC(=O)Nc1ccc(C(=O)C[N+]23CCC(CC2)[C@@H](OC(=O)C(Nc2ccccc2)c2ccccc2)C3)cc1.[Br-]. The zero-order chi connectivity index (χ0) is 26.5. The lowest BCUT2D eigenvalue weighted by Crippen LogP contribution is -3.00. The molecule has 3 aromatic rings. The van der Waals surface area contributed by atoms with Crippen LogP contribution in [-0.4, -0.2) is 54.4 Å². The molecule has 0 radical (unpaired) electrons. The number of piperidine rings is 3. The van der Waals surface area contributed by atoms with Crippen LogP contribution in [0.4, 0.5) is 11.4 Å². The summed E-state index contributed by atoms with van der Waals surface area (Å²) in [5, 5.41) is 6.08. The molecule has 2 atom stereocenters. The summed E-state index contributed by atoms with van der Waals surface area (Å²) in [7, 11) is 0. The first-order valence-corrected chi connectivity index (χ1v) is 13.2. The van der Waals surface area contributed by atoms with Gasteiger partial charge in [0.1, 0.15) is 13.1 Å². The van der Waals surface area contributed by atoms with Crippen molar-refractivity contribution in [2.24, 2.45) is 5.92 Å². The van der Waals surface area contributed by atoms with Gasteiger partial charge in [-0.3, -0.25) is 9.59 Å². The van der Waals surface area contributed by atoms with Gasteiger partial charge in [-0.15, -0.1) is 0 Å². The van der Waals surface area contributed by atoms with Crippen LogP contribution in [0, 0.1) is 5.92 Å². The minimum atomic E-state index is -0.619. The Hall–Kier alpha value is -3.49. The van der Waals surface area contributed by atoms with Crippen molar-refractivity contribution in [3.8, 4) is 0 Å². The van der Waals surface area contributed by atoms with Gasteiger partial charge in [0.2, 0.25) is 11.7 Å². The Kier molecular flexibility index (Phi) is 9.20. The zero-order valence-electron chi connectivity index (χ0n) is 22.0. The number of nitrogens with zero attached hydrogens (tertiary/aromatic N) is 1. The molecule has 0 saturated carbocycles. The second-order valence-electron chi connectivity index (χ2n) is 10.5. The van der Waals surface area contributed by atoms with Gasteiger partial charge in [0.05, 0.1) is 13.1 Å². The molecule has 0 aromatic heterocycles. The number of rotatable bonds is 9. The number of esters is 1. The molecule has 2 N–H and O–H groups in total. The van der Waals surface area contributed by atoms with E-state index in [9.17, 15) is 14.4 Å². The van der Waals surface area contributed by atoms with Crippen molar-refractivity contribution in [1.29, 1.82) is 0 Å². The van der Waals surface area contributed by atoms with Crippen LogP contribution in [-0.2, 0) is 14.3 Å². The van der Waals surface area contributed by atoms with E-state index in [0.717, 1.165) is 37.2 Å². The summed E-state index contributed by atoms with van der Waals surface area (Å²) in [6, 6.07) is 25.7. The number of anilines is 2. The topological polar surface area (TPSA) is 84.5 Å². The largest absolute Gasteiger partial charge is 1.00 e. The van der Waals surface area contributed by atoms with Crippen molar-refractivity contribution in [3.05, 3.63) is 96.1 Å². The molecular formula is C31H34BrN3O4. The molecule has 0 aliphatic carbocycles. The van der Waals surface area contributed by atoms with Crippen molar-refractivity contribution >= 4 is 29.0 Å². The Morgan fingerprint density at radius 3 is 2.10 bits per heavy atom. The number of Topliss-reactive ketones (excluding diaryl/α,β-unsaturated/α-hetero) is 1. The van der Waals surface area contributed by atoms with Crippen LogP contribution < -0.4 is 27.6 Å². The highest BCUT2D eigenvalue weighted by Gasteiger charge is 2.49. The van der Waals surface area contributed by atoms with Crippen molar-refractivity contribution in [3.63, 3.8) is 0 Å². The number of hydrogen-bond donors (Lipinski definition) is 2. The number of hydrogen-bond acceptors (Lipinski definition) is 5. The summed E-state index contributed by atoms with van der Waals surface area (Å²) >= 11 is 0. The van der Waals surface area contributed by atoms with E-state index < -0.39 is 6.04 Å². The third-order valence-corrected chi connectivity index (χ3v) is 7.77. The summed E-state index contributed by atoms with van der Waals surface area (Å²) in [6.45, 7) is 4.32. The smallest absolute Gasteiger partial charge is 0.333 e. The quantitative estimate of drug-likeness (QED) is 0.225. The monoisotopic (exact) mass is 591 g/mol. The molecule has 3 aliphatic rings. The highest BCUT2D eigenvalue weighted by molar-refractivity contribution is 5.98. The fourth-order valence-electron chi connectivity index (χ4n) is 5.76. The van der Waals surface area contributed by atoms with Crippen LogP contribution in [0.1, 0.15) is 41.7 Å². The molecule has 6 rings (SSSR count). The van der Waals surface area contributed by atoms with Gasteiger partial charge in [-0.05, 0) is 42.0 Å². The van der Waals surface area contributed by atoms with Gasteiger partial charge in [0, 0.05) is 42.6 Å². The second-order valence-corrected chi connectivity index (χ2v) is 10.5. The normalized spacial score (nSPS) is 22.2. The van der Waals surface area contributed by atoms with Crippen molar-refractivity contribution < 1.29 is 40.6 Å². The maximum atomic E-state index is 13.6. The number of amides is 1. The highest BCUT2D eigenvalue weighted by atomic mass is 79.9. The van der Waals surface area contributed by atoms with Crippen LogP contribution in [0.25, 0.3) is 0 Å². The number of para-hydroxylation sites is 1. The fraction of sp³-hybridized carbons (Fsp3) is 0.323. The average molecular weight is 593 g/mol. The Balaban J connectivity index is 0.00000353. The Labute approximate surface area is 239 Å². The number of nitrogens with one attached hydrogen (secondary N) is 2. The standard InChI is InChI=1S/C31H33N3O4.BrH/c1-22(35)32-27-14-12-23(13-15-27)28(36)20-34-18-16-24(17-19-34)29(21-34)38-31(37)30(25-8-4-2-5-9-25)33-26-10-6-3-7-11-26;/h2-15,24,29-30,33H,16-21H2,1H3;1H/t24?,29-,30?,34?;/m0./s1. The molecule has 204 valence electrons. The van der Waals surface area contributed by atoms with E-state index in [1.54, 1.807) is 24.3 Å². The van der Waals surface area contributed by atoms with E-state index >= 15 is 0 Å². The molecule has 3 aliphatic heterocycles. The fourth-order valence-corrected chi connectivity index (χ4v) is 5.76. The molecule has 3 aromatic carbocycles. The predicted molar refractivity (Wildman–Crippen MR) is 147 cm³/mol. The first-order chi connectivity index (χ1) is 18.4. The van der Waals surface area contributed by atoms with Crippen LogP contribution in [0.2, 0.25) is 0 Å². The minimum absolute atomic E-state index is 0. The van der Waals surface area contributed by atoms with Crippen molar-refractivity contribution in [2.45, 2.75) is 31.9 Å². The third-order valence-electron chi connectivity index (χ3n) is 7.77. The van der Waals surface area contributed by atoms with Gasteiger partial charge in [-0.2, -0.15) is 0 Å². The molecular weight excluding hydrogens is 558 g/mol. The molecule has 7 nitrogen and oxygen atoms in total. The van der Waals surface area contributed by atoms with Gasteiger partial charge >= 0.3 is 5.97 Å². The van der Waals surface area contributed by atoms with Gasteiger partial charge in [0.15, 0.2) is 12.1 Å². The maximum Gasteiger partial charge on any atom is 0.333 e. The average Bonchev–Trinajstić information content (AvgIpc) is 2.93. The number of carbonyl (C=O) groups excluding carboxylic acids is 3. The number of quaternary nitrogens is 1. The van der Waals surface area contributed by atoms with E-state index in [0.29, 0.717) is 34.7 Å². The van der Waals surface area contributed by atoms with E-state index in [2.05, 4.69) is 10.6 Å². The molecule has 0 spiro atoms. The maximum absolute atomic E-state index is 13.6. The molecule has 3 saturated heterocycles. The molecule has 3 heterocycles. The molecule has 1 amide bonds. The number of fused-ring (bicyclic) bond motifs is 3. The summed E-state index contributed by atoms with van der Waals surface area (Å²) in [5.74, 6) is -0.0543. The first-order valence-electron chi connectivity index (χ1n) is 13.2. The zero-order valence-corrected chi connectivity index (χ0v) is 23.6. The van der Waals surface area contributed by atoms with E-state index in [1.165, 1.54) is 6.92 Å². The van der Waals surface area contributed by atoms with E-state index in [4.69, 9.17) is 4.74 Å². The van der Waals surface area contributed by atoms with E-state index in [-0.39, 0.29) is 40.7 Å². The summed E-state index contributed by atoms with van der Waals surface area (Å²) in [4.78, 5) is 38.1. The van der Waals surface area contributed by atoms with Gasteiger partial charge in [-0.1, -0.05) is 48.5 Å². The van der Waals surface area contributed by atoms with Crippen LogP contribution in [0.5, 0.6) is 0 Å². The Morgan fingerprint density at radius 1 is 0.872 bits per heavy atom. The number of ketones is 1. The summed E-state index contributed by atoms with van der Waals surface area (Å²) < 4.78 is 6.85. The molecule has 39 heavy (non-hydrogen) atoms. The predicted octanol–water partition coefficient (Wildman–Crippen LogP) is 1.84. The van der Waals surface area contributed by atoms with Crippen LogP contribution >= 0.6 is 0 Å². The van der Waals surface area contributed by atoms with Crippen molar-refractivity contribution in [2.75, 3.05) is 36.8 Å². The summed E-state index contributed by atoms with van der Waals surface area (Å²) in [6.07, 6.45) is 1.66. The number of halogens is 1. The molecule has 3 fully saturated rings. The van der Waals surface area contributed by atoms with Crippen molar-refractivity contribution in [1.82, 2.24) is 0 Å². The third kappa shape index (κ3) is 6.94. The molecule has 1 unspecified atom stereocenters. The van der Waals surface area contributed by atoms with Crippen LogP contribution in [0.3, 0.4) is 0 Å². The lowest BCUT2D eigenvalue weighted by Gasteiger charge is -2.51. The highest BCUT2D eigenvalue weighted by Crippen LogP contribution is 2.37. The van der Waals surface area contributed by atoms with Gasteiger partial charge in [0.25, 0.3) is 0 Å². The number of carbonyl (C=O) groups is 3. The van der Waals surface area contributed by atoms with Gasteiger partial charge in [-0.25, -0.2) is 4.79 Å². The Bertz CT molecular complexity index is 1280. The molecule has 2 bridgehead atoms. The van der Waals surface area contributed by atoms with E-state index in [1.807, 2.05) is 60.7 Å². The molecule has 8 heteroatoms. The number of benzene rings is 3. The lowest BCUT2D eigenvalue weighted by atomic mass is 9.82. The second kappa shape index (κ2) is 12.6. The summed E-state index contributed by atoms with van der Waals surface area (Å²) in [5.41, 5.74) is 3.00.